The molecule has 0 aliphatic carbocycles. The highest BCUT2D eigenvalue weighted by molar-refractivity contribution is 7.13. The number of aromatic nitrogens is 1. The summed E-state index contributed by atoms with van der Waals surface area (Å²) in [6.07, 6.45) is 1.61. The normalized spacial score (nSPS) is 11.4. The Morgan fingerprint density at radius 1 is 1.54 bits per heavy atom. The molecule has 0 aliphatic heterocycles. The van der Waals surface area contributed by atoms with Crippen LogP contribution in [-0.2, 0) is 0 Å². The van der Waals surface area contributed by atoms with Gasteiger partial charge in [0, 0.05) is 5.54 Å². The Morgan fingerprint density at radius 3 is 2.54 bits per heavy atom. The Labute approximate surface area is 82.2 Å². The SMILES string of the molecule is Cc1ncc(C(=O)NC(C)(C)C)s1. The summed E-state index contributed by atoms with van der Waals surface area (Å²) in [6.45, 7) is 7.76. The number of amides is 1. The Kier molecular flexibility index (Phi) is 2.71. The molecule has 1 aromatic heterocycles. The van der Waals surface area contributed by atoms with Crippen LogP contribution in [0.2, 0.25) is 0 Å². The Balaban J connectivity index is 2.70. The molecule has 0 saturated heterocycles. The number of nitrogens with zero attached hydrogens (tertiary/aromatic N) is 1. The van der Waals surface area contributed by atoms with Gasteiger partial charge in [-0.3, -0.25) is 4.79 Å². The van der Waals surface area contributed by atoms with Gasteiger partial charge in [-0.05, 0) is 27.7 Å². The molecule has 4 heteroatoms. The van der Waals surface area contributed by atoms with Crippen LogP contribution in [0.3, 0.4) is 0 Å². The van der Waals surface area contributed by atoms with Crippen molar-refractivity contribution in [1.82, 2.24) is 10.3 Å². The van der Waals surface area contributed by atoms with E-state index in [1.807, 2.05) is 27.7 Å². The van der Waals surface area contributed by atoms with Crippen molar-refractivity contribution in [2.45, 2.75) is 33.2 Å². The molecular formula is C9H14N2OS. The zero-order valence-electron chi connectivity index (χ0n) is 8.34. The molecule has 3 nitrogen and oxygen atoms in total. The Hall–Kier alpha value is -0.900. The fourth-order valence-electron chi connectivity index (χ4n) is 0.869. The third-order valence-electron chi connectivity index (χ3n) is 1.33. The van der Waals surface area contributed by atoms with Crippen LogP contribution in [-0.4, -0.2) is 16.4 Å². The monoisotopic (exact) mass is 198 g/mol. The molecule has 0 unspecified atom stereocenters. The van der Waals surface area contributed by atoms with E-state index in [0.29, 0.717) is 4.88 Å². The average molecular weight is 198 g/mol. The summed E-state index contributed by atoms with van der Waals surface area (Å²) in [5, 5.41) is 3.80. The fourth-order valence-corrected chi connectivity index (χ4v) is 1.54. The van der Waals surface area contributed by atoms with Crippen LogP contribution < -0.4 is 5.32 Å². The van der Waals surface area contributed by atoms with Crippen LogP contribution in [0.15, 0.2) is 6.20 Å². The minimum Gasteiger partial charge on any atom is -0.347 e. The third kappa shape index (κ3) is 3.14. The number of hydrogen-bond acceptors (Lipinski definition) is 3. The molecule has 0 fully saturated rings. The smallest absolute Gasteiger partial charge is 0.263 e. The first-order valence-electron chi connectivity index (χ1n) is 4.13. The molecule has 1 aromatic rings. The topological polar surface area (TPSA) is 42.0 Å². The van der Waals surface area contributed by atoms with E-state index >= 15 is 0 Å². The van der Waals surface area contributed by atoms with Crippen molar-refractivity contribution < 1.29 is 4.79 Å². The Morgan fingerprint density at radius 2 is 2.15 bits per heavy atom. The molecule has 0 atom stereocenters. The van der Waals surface area contributed by atoms with Crippen LogP contribution in [0.5, 0.6) is 0 Å². The predicted octanol–water partition coefficient (Wildman–Crippen LogP) is 1.98. The van der Waals surface area contributed by atoms with Crippen LogP contribution in [0.25, 0.3) is 0 Å². The third-order valence-corrected chi connectivity index (χ3v) is 2.25. The molecule has 13 heavy (non-hydrogen) atoms. The minimum atomic E-state index is -0.186. The number of nitrogens with one attached hydrogen (secondary N) is 1. The van der Waals surface area contributed by atoms with Gasteiger partial charge in [-0.2, -0.15) is 0 Å². The number of carbonyl (C=O) groups is 1. The second-order valence-corrected chi connectivity index (χ2v) is 5.18. The first-order chi connectivity index (χ1) is 5.88. The van der Waals surface area contributed by atoms with Gasteiger partial charge < -0.3 is 5.32 Å². The van der Waals surface area contributed by atoms with Gasteiger partial charge in [-0.25, -0.2) is 4.98 Å². The van der Waals surface area contributed by atoms with Gasteiger partial charge in [0.2, 0.25) is 0 Å². The molecule has 72 valence electrons. The second-order valence-electron chi connectivity index (χ2n) is 3.95. The van der Waals surface area contributed by atoms with E-state index in [9.17, 15) is 4.79 Å². The van der Waals surface area contributed by atoms with Gasteiger partial charge in [0.1, 0.15) is 4.88 Å². The van der Waals surface area contributed by atoms with E-state index in [2.05, 4.69) is 10.3 Å². The van der Waals surface area contributed by atoms with Crippen molar-refractivity contribution >= 4 is 17.2 Å². The summed E-state index contributed by atoms with van der Waals surface area (Å²) in [5.74, 6) is -0.0434. The van der Waals surface area contributed by atoms with Gasteiger partial charge in [0.15, 0.2) is 0 Å². The minimum absolute atomic E-state index is 0.0434. The molecule has 0 aliphatic rings. The number of carbonyl (C=O) groups excluding carboxylic acids is 1. The van der Waals surface area contributed by atoms with Crippen LogP contribution >= 0.6 is 11.3 Å². The summed E-state index contributed by atoms with van der Waals surface area (Å²) in [4.78, 5) is 16.2. The number of aryl methyl sites for hydroxylation is 1. The van der Waals surface area contributed by atoms with E-state index < -0.39 is 0 Å². The molecule has 1 heterocycles. The number of thiazole rings is 1. The maximum Gasteiger partial charge on any atom is 0.263 e. The molecule has 0 aromatic carbocycles. The lowest BCUT2D eigenvalue weighted by Gasteiger charge is -2.19. The van der Waals surface area contributed by atoms with Crippen LogP contribution in [0, 0.1) is 6.92 Å². The van der Waals surface area contributed by atoms with Crippen molar-refractivity contribution in [2.24, 2.45) is 0 Å². The highest BCUT2D eigenvalue weighted by Gasteiger charge is 2.16. The zero-order valence-corrected chi connectivity index (χ0v) is 9.16. The van der Waals surface area contributed by atoms with Gasteiger partial charge in [0.25, 0.3) is 5.91 Å². The van der Waals surface area contributed by atoms with E-state index in [-0.39, 0.29) is 11.4 Å². The van der Waals surface area contributed by atoms with Gasteiger partial charge >= 0.3 is 0 Å². The lowest BCUT2D eigenvalue weighted by Crippen LogP contribution is -2.40. The van der Waals surface area contributed by atoms with Gasteiger partial charge in [0.05, 0.1) is 11.2 Å². The molecule has 0 spiro atoms. The first kappa shape index (κ1) is 10.2. The van der Waals surface area contributed by atoms with Crippen molar-refractivity contribution in [3.8, 4) is 0 Å². The number of rotatable bonds is 1. The van der Waals surface area contributed by atoms with E-state index in [4.69, 9.17) is 0 Å². The van der Waals surface area contributed by atoms with Crippen LogP contribution in [0.4, 0.5) is 0 Å². The van der Waals surface area contributed by atoms with Crippen molar-refractivity contribution in [3.63, 3.8) is 0 Å². The average Bonchev–Trinajstić information content (AvgIpc) is 2.31. The van der Waals surface area contributed by atoms with Crippen molar-refractivity contribution in [2.75, 3.05) is 0 Å². The van der Waals surface area contributed by atoms with Gasteiger partial charge in [-0.1, -0.05) is 0 Å². The molecule has 0 bridgehead atoms. The molecule has 0 radical (unpaired) electrons. The maximum atomic E-state index is 11.5. The van der Waals surface area contributed by atoms with Crippen molar-refractivity contribution in [1.29, 1.82) is 0 Å². The lowest BCUT2D eigenvalue weighted by molar-refractivity contribution is 0.0923. The highest BCUT2D eigenvalue weighted by Crippen LogP contribution is 2.12. The first-order valence-corrected chi connectivity index (χ1v) is 4.95. The fraction of sp³-hybridized carbons (Fsp3) is 0.556. The molecule has 1 N–H and O–H groups in total. The molecular weight excluding hydrogens is 184 g/mol. The summed E-state index contributed by atoms with van der Waals surface area (Å²) < 4.78 is 0. The van der Waals surface area contributed by atoms with Gasteiger partial charge in [-0.15, -0.1) is 11.3 Å². The van der Waals surface area contributed by atoms with E-state index in [0.717, 1.165) is 5.01 Å². The van der Waals surface area contributed by atoms with E-state index in [1.54, 1.807) is 6.20 Å². The lowest BCUT2D eigenvalue weighted by atomic mass is 10.1. The van der Waals surface area contributed by atoms with Crippen molar-refractivity contribution in [3.05, 3.63) is 16.1 Å². The van der Waals surface area contributed by atoms with Crippen LogP contribution in [0.1, 0.15) is 35.5 Å². The Bertz CT molecular complexity index is 312. The predicted molar refractivity (Wildman–Crippen MR) is 54.1 cm³/mol. The molecule has 1 amide bonds. The quantitative estimate of drug-likeness (QED) is 0.749. The zero-order chi connectivity index (χ0) is 10.1. The van der Waals surface area contributed by atoms with E-state index in [1.165, 1.54) is 11.3 Å². The summed E-state index contributed by atoms with van der Waals surface area (Å²) in [7, 11) is 0. The molecule has 0 saturated carbocycles. The molecule has 1 rings (SSSR count). The summed E-state index contributed by atoms with van der Waals surface area (Å²) in [5.41, 5.74) is -0.186. The highest BCUT2D eigenvalue weighted by atomic mass is 32.1. The standard InChI is InChI=1S/C9H14N2OS/c1-6-10-5-7(13-6)8(12)11-9(2,3)4/h5H,1-4H3,(H,11,12). The second kappa shape index (κ2) is 3.46. The number of hydrogen-bond donors (Lipinski definition) is 1. The maximum absolute atomic E-state index is 11.5. The summed E-state index contributed by atoms with van der Waals surface area (Å²) >= 11 is 1.41. The summed E-state index contributed by atoms with van der Waals surface area (Å²) in [6, 6.07) is 0. The largest absolute Gasteiger partial charge is 0.347 e.